The number of hydrogen-bond donors (Lipinski definition) is 1. The highest BCUT2D eigenvalue weighted by atomic mass is 19.1. The molecule has 2 aromatic rings. The topological polar surface area (TPSA) is 43.8 Å². The smallest absolute Gasteiger partial charge is 0.268 e. The first-order valence-electron chi connectivity index (χ1n) is 9.03. The van der Waals surface area contributed by atoms with E-state index in [2.05, 4.69) is 11.9 Å². The van der Waals surface area contributed by atoms with Gasteiger partial charge in [-0.25, -0.2) is 4.39 Å². The Bertz CT molecular complexity index is 844. The summed E-state index contributed by atoms with van der Waals surface area (Å²) in [6, 6.07) is 11.6. The van der Waals surface area contributed by atoms with Crippen molar-refractivity contribution in [2.24, 2.45) is 5.92 Å². The summed E-state index contributed by atoms with van der Waals surface area (Å²) in [6.45, 7) is 3.68. The Kier molecular flexibility index (Phi) is 4.09. The van der Waals surface area contributed by atoms with Gasteiger partial charge in [-0.2, -0.15) is 0 Å². The molecule has 0 radical (unpaired) electrons. The van der Waals surface area contributed by atoms with E-state index in [-0.39, 0.29) is 17.6 Å². The van der Waals surface area contributed by atoms with E-state index < -0.39 is 5.60 Å². The van der Waals surface area contributed by atoms with Crippen LogP contribution in [0.15, 0.2) is 42.5 Å². The lowest BCUT2D eigenvalue weighted by Crippen LogP contribution is -2.48. The average Bonchev–Trinajstić information content (AvgIpc) is 2.85. The van der Waals surface area contributed by atoms with Crippen LogP contribution in [-0.4, -0.2) is 36.1 Å². The van der Waals surface area contributed by atoms with Crippen molar-refractivity contribution in [2.45, 2.75) is 25.4 Å². The molecule has 0 saturated carbocycles. The second kappa shape index (κ2) is 6.18. The fraction of sp³-hybridized carbons (Fsp3) is 0.381. The Morgan fingerprint density at radius 2 is 1.77 bits per heavy atom. The zero-order chi connectivity index (χ0) is 18.5. The van der Waals surface area contributed by atoms with Crippen LogP contribution in [-0.2, 0) is 10.4 Å². The molecular weight excluding hydrogens is 331 g/mol. The van der Waals surface area contributed by atoms with Gasteiger partial charge in [-0.3, -0.25) is 9.69 Å². The molecule has 1 unspecified atom stereocenters. The van der Waals surface area contributed by atoms with Crippen molar-refractivity contribution in [2.75, 3.05) is 25.0 Å². The first-order valence-corrected chi connectivity index (χ1v) is 9.03. The van der Waals surface area contributed by atoms with Crippen molar-refractivity contribution in [1.82, 2.24) is 4.90 Å². The maximum Gasteiger partial charge on any atom is 0.268 e. The number of hydrogen-bond acceptors (Lipinski definition) is 3. The Hall–Kier alpha value is -2.24. The summed E-state index contributed by atoms with van der Waals surface area (Å²) >= 11 is 0. The fourth-order valence-corrected chi connectivity index (χ4v) is 4.21. The van der Waals surface area contributed by atoms with E-state index >= 15 is 0 Å². The summed E-state index contributed by atoms with van der Waals surface area (Å²) in [5.74, 6) is -0.813. The summed E-state index contributed by atoms with van der Waals surface area (Å²) in [6.07, 6.45) is 1.53. The molecule has 2 aliphatic rings. The molecule has 4 rings (SSSR count). The summed E-state index contributed by atoms with van der Waals surface area (Å²) in [7, 11) is 2.06. The Labute approximate surface area is 152 Å². The zero-order valence-electron chi connectivity index (χ0n) is 15.1. The third-order valence-corrected chi connectivity index (χ3v) is 5.73. The SMILES string of the molecule is Cc1ccc2c(c1)C(O)(C1CCN(C)CC1)C(=O)N2c1ccc(F)cc1. The van der Waals surface area contributed by atoms with Gasteiger partial charge in [-0.1, -0.05) is 17.7 Å². The molecular formula is C21H23FN2O2. The molecule has 0 bridgehead atoms. The number of nitrogens with zero attached hydrogens (tertiary/aromatic N) is 2. The molecule has 26 heavy (non-hydrogen) atoms. The van der Waals surface area contributed by atoms with Crippen molar-refractivity contribution in [1.29, 1.82) is 0 Å². The van der Waals surface area contributed by atoms with Crippen LogP contribution in [0.2, 0.25) is 0 Å². The van der Waals surface area contributed by atoms with Gasteiger partial charge in [0.1, 0.15) is 5.82 Å². The molecule has 2 heterocycles. The molecule has 0 spiro atoms. The lowest BCUT2D eigenvalue weighted by atomic mass is 9.76. The van der Waals surface area contributed by atoms with E-state index in [1.165, 1.54) is 17.0 Å². The number of aryl methyl sites for hydroxylation is 1. The second-order valence-corrected chi connectivity index (χ2v) is 7.48. The molecule has 2 aromatic carbocycles. The summed E-state index contributed by atoms with van der Waals surface area (Å²) in [5, 5.41) is 11.6. The highest BCUT2D eigenvalue weighted by Gasteiger charge is 2.55. The molecule has 1 amide bonds. The maximum absolute atomic E-state index is 13.4. The maximum atomic E-state index is 13.4. The predicted molar refractivity (Wildman–Crippen MR) is 98.8 cm³/mol. The number of carbonyl (C=O) groups excluding carboxylic acids is 1. The van der Waals surface area contributed by atoms with E-state index in [0.717, 1.165) is 31.5 Å². The Morgan fingerprint density at radius 3 is 2.42 bits per heavy atom. The summed E-state index contributed by atoms with van der Waals surface area (Å²) < 4.78 is 13.3. The number of anilines is 2. The number of fused-ring (bicyclic) bond motifs is 1. The molecule has 0 aromatic heterocycles. The first-order chi connectivity index (χ1) is 12.4. The molecule has 0 aliphatic carbocycles. The van der Waals surface area contributed by atoms with Gasteiger partial charge in [0.25, 0.3) is 5.91 Å². The molecule has 1 atom stereocenters. The molecule has 1 N–H and O–H groups in total. The highest BCUT2D eigenvalue weighted by molar-refractivity contribution is 6.12. The van der Waals surface area contributed by atoms with Gasteiger partial charge in [0.05, 0.1) is 5.69 Å². The lowest BCUT2D eigenvalue weighted by Gasteiger charge is -2.37. The van der Waals surface area contributed by atoms with Gasteiger partial charge >= 0.3 is 0 Å². The van der Waals surface area contributed by atoms with E-state index in [4.69, 9.17) is 0 Å². The third-order valence-electron chi connectivity index (χ3n) is 5.73. The van der Waals surface area contributed by atoms with Gasteiger partial charge < -0.3 is 10.0 Å². The molecule has 1 fully saturated rings. The molecule has 136 valence electrons. The van der Waals surface area contributed by atoms with Gasteiger partial charge in [0, 0.05) is 17.2 Å². The molecule has 5 heteroatoms. The monoisotopic (exact) mass is 354 g/mol. The van der Waals surface area contributed by atoms with Crippen LogP contribution in [0.3, 0.4) is 0 Å². The number of benzene rings is 2. The van der Waals surface area contributed by atoms with Gasteiger partial charge in [-0.15, -0.1) is 0 Å². The second-order valence-electron chi connectivity index (χ2n) is 7.48. The Morgan fingerprint density at radius 1 is 1.12 bits per heavy atom. The van der Waals surface area contributed by atoms with Crippen LogP contribution >= 0.6 is 0 Å². The highest BCUT2D eigenvalue weighted by Crippen LogP contribution is 2.50. The number of amides is 1. The summed E-state index contributed by atoms with van der Waals surface area (Å²) in [4.78, 5) is 17.2. The third kappa shape index (κ3) is 2.54. The Balaban J connectivity index is 1.83. The number of rotatable bonds is 2. The minimum atomic E-state index is -1.53. The van der Waals surface area contributed by atoms with Gasteiger partial charge in [0.2, 0.25) is 0 Å². The molecule has 2 aliphatic heterocycles. The minimum Gasteiger partial charge on any atom is -0.375 e. The normalized spacial score (nSPS) is 24.2. The molecule has 1 saturated heterocycles. The number of likely N-dealkylation sites (tertiary alicyclic amines) is 1. The van der Waals surface area contributed by atoms with Crippen molar-refractivity contribution >= 4 is 17.3 Å². The quantitative estimate of drug-likeness (QED) is 0.900. The fourth-order valence-electron chi connectivity index (χ4n) is 4.21. The predicted octanol–water partition coefficient (Wildman–Crippen LogP) is 3.34. The van der Waals surface area contributed by atoms with Crippen molar-refractivity contribution in [3.63, 3.8) is 0 Å². The minimum absolute atomic E-state index is 0.128. The largest absolute Gasteiger partial charge is 0.375 e. The number of halogens is 1. The van der Waals surface area contributed by atoms with Crippen LogP contribution in [0.4, 0.5) is 15.8 Å². The number of piperidine rings is 1. The van der Waals surface area contributed by atoms with Gasteiger partial charge in [-0.05, 0) is 70.2 Å². The van der Waals surface area contributed by atoms with Crippen LogP contribution < -0.4 is 4.90 Å². The van der Waals surface area contributed by atoms with E-state index in [1.54, 1.807) is 12.1 Å². The van der Waals surface area contributed by atoms with E-state index in [0.29, 0.717) is 16.9 Å². The average molecular weight is 354 g/mol. The van der Waals surface area contributed by atoms with Crippen molar-refractivity contribution < 1.29 is 14.3 Å². The lowest BCUT2D eigenvalue weighted by molar-refractivity contribution is -0.143. The van der Waals surface area contributed by atoms with E-state index in [9.17, 15) is 14.3 Å². The van der Waals surface area contributed by atoms with Gasteiger partial charge in [0.15, 0.2) is 5.60 Å². The van der Waals surface area contributed by atoms with Crippen molar-refractivity contribution in [3.05, 3.63) is 59.4 Å². The number of aliphatic hydroxyl groups is 1. The van der Waals surface area contributed by atoms with Crippen molar-refractivity contribution in [3.8, 4) is 0 Å². The van der Waals surface area contributed by atoms with Crippen LogP contribution in [0, 0.1) is 18.7 Å². The summed E-state index contributed by atoms with van der Waals surface area (Å²) in [5.41, 5.74) is 1.40. The zero-order valence-corrected chi connectivity index (χ0v) is 15.1. The van der Waals surface area contributed by atoms with Crippen LogP contribution in [0.1, 0.15) is 24.0 Å². The van der Waals surface area contributed by atoms with Crippen LogP contribution in [0.25, 0.3) is 0 Å². The molecule has 4 nitrogen and oxygen atoms in total. The number of carbonyl (C=O) groups is 1. The van der Waals surface area contributed by atoms with Crippen LogP contribution in [0.5, 0.6) is 0 Å². The standard InChI is InChI=1S/C21H23FN2O2/c1-14-3-8-19-18(13-14)21(26,15-9-11-23(2)12-10-15)20(25)24(19)17-6-4-16(22)5-7-17/h3-8,13,15,26H,9-12H2,1-2H3. The van der Waals surface area contributed by atoms with E-state index in [1.807, 2.05) is 25.1 Å². The first kappa shape index (κ1) is 17.2.